The fourth-order valence-corrected chi connectivity index (χ4v) is 3.81. The smallest absolute Gasteiger partial charge is 0.309 e. The highest BCUT2D eigenvalue weighted by Crippen LogP contribution is 2.40. The number of benzene rings is 1. The number of rotatable bonds is 3. The average molecular weight is 379 g/mol. The molecule has 1 aliphatic rings. The monoisotopic (exact) mass is 379 g/mol. The molecule has 0 spiro atoms. The number of anilines is 1. The molecule has 1 aromatic carbocycles. The molecule has 1 unspecified atom stereocenters. The lowest BCUT2D eigenvalue weighted by Gasteiger charge is -2.32. The van der Waals surface area contributed by atoms with E-state index in [1.807, 2.05) is 43.3 Å². The fourth-order valence-electron chi connectivity index (χ4n) is 3.26. The summed E-state index contributed by atoms with van der Waals surface area (Å²) in [5, 5.41) is 17.8. The molecular weight excluding hydrogens is 362 g/mol. The molecule has 0 saturated carbocycles. The van der Waals surface area contributed by atoms with Crippen molar-refractivity contribution in [3.05, 3.63) is 54.4 Å². The van der Waals surface area contributed by atoms with Gasteiger partial charge in [-0.05, 0) is 30.0 Å². The first kappa shape index (κ1) is 17.4. The molecule has 0 fully saturated rings. The van der Waals surface area contributed by atoms with Gasteiger partial charge in [0.05, 0.1) is 17.1 Å². The topological polar surface area (TPSA) is 85.9 Å². The van der Waals surface area contributed by atoms with E-state index in [1.165, 1.54) is 18.7 Å². The number of hydrogen-bond acceptors (Lipinski definition) is 6. The van der Waals surface area contributed by atoms with Crippen LogP contribution < -0.4 is 14.7 Å². The van der Waals surface area contributed by atoms with E-state index in [9.17, 15) is 9.90 Å². The van der Waals surface area contributed by atoms with Gasteiger partial charge in [-0.3, -0.25) is 9.78 Å². The molecule has 3 aromatic rings. The van der Waals surface area contributed by atoms with Crippen LogP contribution in [0.15, 0.2) is 53.8 Å². The molecule has 3 heterocycles. The lowest BCUT2D eigenvalue weighted by Crippen LogP contribution is -2.59. The third kappa shape index (κ3) is 2.91. The van der Waals surface area contributed by atoms with E-state index in [1.54, 1.807) is 21.8 Å². The van der Waals surface area contributed by atoms with Crippen molar-refractivity contribution in [2.24, 2.45) is 0 Å². The summed E-state index contributed by atoms with van der Waals surface area (Å²) in [5.41, 5.74) is 2.27. The van der Waals surface area contributed by atoms with E-state index >= 15 is 0 Å². The minimum absolute atomic E-state index is 0.160. The molecule has 7 nitrogen and oxygen atoms in total. The minimum Gasteiger partial charge on any atom is -0.854 e. The Bertz CT molecular complexity index is 1010. The number of thioether (sulfide) groups is 1. The summed E-state index contributed by atoms with van der Waals surface area (Å²) in [7, 11) is 0. The van der Waals surface area contributed by atoms with Gasteiger partial charge in [-0.2, -0.15) is 0 Å². The van der Waals surface area contributed by atoms with Crippen LogP contribution in [0.1, 0.15) is 25.7 Å². The van der Waals surface area contributed by atoms with Crippen LogP contribution in [0.3, 0.4) is 0 Å². The highest BCUT2D eigenvalue weighted by Gasteiger charge is 2.44. The van der Waals surface area contributed by atoms with Crippen LogP contribution in [-0.4, -0.2) is 26.7 Å². The molecule has 8 heteroatoms. The van der Waals surface area contributed by atoms with Crippen molar-refractivity contribution in [1.29, 1.82) is 0 Å². The highest BCUT2D eigenvalue weighted by atomic mass is 32.2. The molecular formula is C19H17N5O2S. The zero-order valence-electron chi connectivity index (χ0n) is 14.9. The van der Waals surface area contributed by atoms with E-state index in [-0.39, 0.29) is 11.8 Å². The summed E-state index contributed by atoms with van der Waals surface area (Å²) < 4.78 is 1.58. The van der Waals surface area contributed by atoms with Crippen molar-refractivity contribution in [2.45, 2.75) is 25.2 Å². The third-order valence-corrected chi connectivity index (χ3v) is 5.00. The predicted molar refractivity (Wildman–Crippen MR) is 99.0 cm³/mol. The van der Waals surface area contributed by atoms with Gasteiger partial charge in [-0.15, -0.1) is 0 Å². The van der Waals surface area contributed by atoms with Crippen molar-refractivity contribution in [3.8, 4) is 17.1 Å². The van der Waals surface area contributed by atoms with Crippen LogP contribution in [0, 0.1) is 0 Å². The quantitative estimate of drug-likeness (QED) is 0.511. The Morgan fingerprint density at radius 1 is 1.26 bits per heavy atom. The maximum Gasteiger partial charge on any atom is 0.309 e. The molecule has 27 heavy (non-hydrogen) atoms. The maximum absolute atomic E-state index is 12.9. The summed E-state index contributed by atoms with van der Waals surface area (Å²) in [6, 6.07) is 12.8. The van der Waals surface area contributed by atoms with Crippen molar-refractivity contribution in [1.82, 2.24) is 15.1 Å². The van der Waals surface area contributed by atoms with E-state index in [0.29, 0.717) is 27.8 Å². The second-order valence-corrected chi connectivity index (χ2v) is 7.19. The van der Waals surface area contributed by atoms with Crippen LogP contribution in [0.4, 0.5) is 5.69 Å². The lowest BCUT2D eigenvalue weighted by atomic mass is 10.0. The number of nitrogens with zero attached hydrogens (tertiary/aromatic N) is 5. The Hall–Kier alpha value is -3.00. The molecule has 0 bridgehead atoms. The Morgan fingerprint density at radius 3 is 2.74 bits per heavy atom. The van der Waals surface area contributed by atoms with E-state index in [4.69, 9.17) is 0 Å². The summed E-state index contributed by atoms with van der Waals surface area (Å²) in [6.45, 7) is 3.47. The molecule has 1 aliphatic heterocycles. The second-order valence-electron chi connectivity index (χ2n) is 5.96. The van der Waals surface area contributed by atoms with Crippen molar-refractivity contribution < 1.29 is 14.6 Å². The van der Waals surface area contributed by atoms with E-state index in [0.717, 1.165) is 5.75 Å². The van der Waals surface area contributed by atoms with Gasteiger partial charge in [0.1, 0.15) is 5.69 Å². The number of hydrogen-bond donors (Lipinski definition) is 0. The lowest BCUT2D eigenvalue weighted by molar-refractivity contribution is -0.764. The Kier molecular flexibility index (Phi) is 4.49. The van der Waals surface area contributed by atoms with Gasteiger partial charge in [0, 0.05) is 18.2 Å². The molecule has 1 atom stereocenters. The average Bonchev–Trinajstić information content (AvgIpc) is 2.67. The first-order chi connectivity index (χ1) is 13.1. The minimum atomic E-state index is -0.652. The number of carbonyl (C=O) groups excluding carboxylic acids is 1. The van der Waals surface area contributed by atoms with Gasteiger partial charge in [-0.25, -0.2) is 9.88 Å². The first-order valence-electron chi connectivity index (χ1n) is 8.55. The van der Waals surface area contributed by atoms with Crippen molar-refractivity contribution >= 4 is 23.4 Å². The SMILES string of the molecule is CCSc1nc([O-])c2[n+](n1)C(c1ccccn1)N(C(C)=O)c1ccccc1-2. The number of para-hydroxylation sites is 1. The van der Waals surface area contributed by atoms with Gasteiger partial charge >= 0.3 is 6.17 Å². The van der Waals surface area contributed by atoms with Gasteiger partial charge < -0.3 is 5.11 Å². The first-order valence-corrected chi connectivity index (χ1v) is 9.54. The van der Waals surface area contributed by atoms with Gasteiger partial charge in [0.25, 0.3) is 10.9 Å². The molecule has 0 N–H and O–H groups in total. The van der Waals surface area contributed by atoms with E-state index < -0.39 is 6.17 Å². The number of carbonyl (C=O) groups is 1. The normalized spacial score (nSPS) is 15.2. The number of pyridine rings is 1. The molecule has 2 aromatic heterocycles. The standard InChI is InChI=1S/C19H17N5O2S/c1-3-27-19-21-17(26)16-13-8-4-5-10-15(13)23(12(2)25)18(24(16)22-19)14-9-6-7-11-20-14/h4-11,18H,3H2,1-2H3. The van der Waals surface area contributed by atoms with Crippen LogP contribution in [-0.2, 0) is 4.79 Å². The van der Waals surface area contributed by atoms with E-state index in [2.05, 4.69) is 15.1 Å². The number of fused-ring (bicyclic) bond motifs is 3. The maximum atomic E-state index is 12.9. The Labute approximate surface area is 160 Å². The van der Waals surface area contributed by atoms with Crippen LogP contribution >= 0.6 is 11.8 Å². The predicted octanol–water partition coefficient (Wildman–Crippen LogP) is 1.93. The molecule has 4 rings (SSSR count). The van der Waals surface area contributed by atoms with Gasteiger partial charge in [-0.1, -0.05) is 41.6 Å². The molecule has 0 saturated heterocycles. The zero-order chi connectivity index (χ0) is 19.0. The summed E-state index contributed by atoms with van der Waals surface area (Å²) in [6.07, 6.45) is 1.01. The molecule has 0 aliphatic carbocycles. The fraction of sp³-hybridized carbons (Fsp3) is 0.211. The number of aromatic nitrogens is 4. The Morgan fingerprint density at radius 2 is 2.04 bits per heavy atom. The summed E-state index contributed by atoms with van der Waals surface area (Å²) in [4.78, 5) is 22.8. The second kappa shape index (κ2) is 6.96. The largest absolute Gasteiger partial charge is 0.854 e. The number of amides is 1. The van der Waals surface area contributed by atoms with Crippen LogP contribution in [0.25, 0.3) is 11.3 Å². The third-order valence-electron chi connectivity index (χ3n) is 4.28. The summed E-state index contributed by atoms with van der Waals surface area (Å²) in [5.74, 6) is 0.213. The van der Waals surface area contributed by atoms with Crippen molar-refractivity contribution in [3.63, 3.8) is 0 Å². The highest BCUT2D eigenvalue weighted by molar-refractivity contribution is 7.99. The van der Waals surface area contributed by atoms with Gasteiger partial charge in [0.2, 0.25) is 5.91 Å². The Balaban J connectivity index is 2.05. The van der Waals surface area contributed by atoms with Crippen LogP contribution in [0.5, 0.6) is 5.88 Å². The molecule has 136 valence electrons. The summed E-state index contributed by atoms with van der Waals surface area (Å²) >= 11 is 1.38. The molecule has 0 radical (unpaired) electrons. The molecule has 1 amide bonds. The zero-order valence-corrected chi connectivity index (χ0v) is 15.7. The van der Waals surface area contributed by atoms with Crippen LogP contribution in [0.2, 0.25) is 0 Å². The van der Waals surface area contributed by atoms with Crippen molar-refractivity contribution in [2.75, 3.05) is 10.7 Å². The van der Waals surface area contributed by atoms with Gasteiger partial charge in [0.15, 0.2) is 0 Å².